The first-order valence-electron chi connectivity index (χ1n) is 11.4. The van der Waals surface area contributed by atoms with Crippen LogP contribution in [0.2, 0.25) is 0 Å². The minimum atomic E-state index is -5.08. The van der Waals surface area contributed by atoms with Crippen molar-refractivity contribution in [1.82, 2.24) is 29.0 Å². The average Bonchev–Trinajstić information content (AvgIpc) is 3.54. The fourth-order valence-electron chi connectivity index (χ4n) is 3.97. The number of anilines is 1. The maximum Gasteiger partial charge on any atom is 0.490 e. The van der Waals surface area contributed by atoms with E-state index in [0.717, 1.165) is 28.5 Å². The zero-order valence-electron chi connectivity index (χ0n) is 20.5. The second kappa shape index (κ2) is 10.8. The molecule has 11 nitrogen and oxygen atoms in total. The lowest BCUT2D eigenvalue weighted by molar-refractivity contribution is -0.192. The number of carboxylic acids is 1. The van der Waals surface area contributed by atoms with Crippen LogP contribution in [0.25, 0.3) is 16.9 Å². The molecule has 0 unspecified atom stereocenters. The third kappa shape index (κ3) is 5.53. The van der Waals surface area contributed by atoms with Crippen LogP contribution < -0.4 is 9.64 Å². The first kappa shape index (κ1) is 26.4. The second-order valence-electron chi connectivity index (χ2n) is 8.24. The van der Waals surface area contributed by atoms with Crippen LogP contribution in [0.3, 0.4) is 0 Å². The predicted octanol–water partition coefficient (Wildman–Crippen LogP) is 2.73. The average molecular weight is 531 g/mol. The number of rotatable bonds is 4. The van der Waals surface area contributed by atoms with Crippen molar-refractivity contribution in [3.05, 3.63) is 60.8 Å². The van der Waals surface area contributed by atoms with Gasteiger partial charge in [-0.15, -0.1) is 0 Å². The number of ether oxygens (including phenoxy) is 1. The van der Waals surface area contributed by atoms with Gasteiger partial charge in [0.05, 0.1) is 19.0 Å². The van der Waals surface area contributed by atoms with Gasteiger partial charge in [-0.05, 0) is 30.3 Å². The zero-order valence-corrected chi connectivity index (χ0v) is 20.5. The van der Waals surface area contributed by atoms with Gasteiger partial charge in [0, 0.05) is 57.4 Å². The van der Waals surface area contributed by atoms with Crippen LogP contribution in [0.5, 0.6) is 5.75 Å². The number of carbonyl (C=O) groups is 2. The smallest absolute Gasteiger partial charge is 0.490 e. The van der Waals surface area contributed by atoms with Gasteiger partial charge in [-0.2, -0.15) is 18.3 Å². The van der Waals surface area contributed by atoms with E-state index in [4.69, 9.17) is 14.6 Å². The van der Waals surface area contributed by atoms with Crippen molar-refractivity contribution >= 4 is 23.3 Å². The largest absolute Gasteiger partial charge is 0.497 e. The molecule has 1 aliphatic rings. The molecular formula is C24H24F3N7O4. The Morgan fingerprint density at radius 2 is 1.66 bits per heavy atom. The molecule has 14 heteroatoms. The molecule has 0 atom stereocenters. The van der Waals surface area contributed by atoms with Gasteiger partial charge >= 0.3 is 12.1 Å². The lowest BCUT2D eigenvalue weighted by atomic mass is 10.1. The molecule has 0 radical (unpaired) electrons. The lowest BCUT2D eigenvalue weighted by Crippen LogP contribution is -2.49. The van der Waals surface area contributed by atoms with Gasteiger partial charge in [0.2, 0.25) is 0 Å². The van der Waals surface area contributed by atoms with Crippen molar-refractivity contribution in [1.29, 1.82) is 0 Å². The molecule has 38 heavy (non-hydrogen) atoms. The SMILES string of the molecule is COc1ccc(-c2cnc3c(N4CCN(C(=O)c5ccnn5C)CC4)nccn23)cc1.O=C(O)C(F)(F)F. The Labute approximate surface area is 214 Å². The number of hydrogen-bond donors (Lipinski definition) is 1. The molecule has 4 aromatic rings. The summed E-state index contributed by atoms with van der Waals surface area (Å²) in [4.78, 5) is 35.0. The van der Waals surface area contributed by atoms with E-state index in [-0.39, 0.29) is 5.91 Å². The Kier molecular flexibility index (Phi) is 7.50. The summed E-state index contributed by atoms with van der Waals surface area (Å²) in [6.07, 6.45) is 2.15. The number of nitrogens with zero attached hydrogens (tertiary/aromatic N) is 7. The first-order valence-corrected chi connectivity index (χ1v) is 11.4. The minimum Gasteiger partial charge on any atom is -0.497 e. The maximum atomic E-state index is 12.7. The Bertz CT molecular complexity index is 1430. The summed E-state index contributed by atoms with van der Waals surface area (Å²) >= 11 is 0. The molecule has 0 aliphatic carbocycles. The zero-order chi connectivity index (χ0) is 27.4. The van der Waals surface area contributed by atoms with Crippen LogP contribution in [0.1, 0.15) is 10.5 Å². The Morgan fingerprint density at radius 1 is 1.00 bits per heavy atom. The standard InChI is InChI=1S/C22H23N7O2.C2HF3O2/c1-26-18(7-8-25-26)22(30)28-13-11-27(12-14-28)20-21-24-15-19(29(21)10-9-23-20)16-3-5-17(31-2)6-4-16;3-2(4,5)1(6)7/h3-10,15H,11-14H2,1-2H3;(H,6,7). The van der Waals surface area contributed by atoms with Crippen LogP contribution in [-0.4, -0.2) is 85.5 Å². The molecule has 1 fully saturated rings. The van der Waals surface area contributed by atoms with E-state index in [0.29, 0.717) is 31.9 Å². The number of imidazole rings is 1. The molecule has 4 heterocycles. The van der Waals surface area contributed by atoms with E-state index in [2.05, 4.69) is 24.4 Å². The van der Waals surface area contributed by atoms with Crippen LogP contribution in [0, 0.1) is 0 Å². The number of amides is 1. The number of aromatic nitrogens is 5. The van der Waals surface area contributed by atoms with Gasteiger partial charge in [0.25, 0.3) is 5.91 Å². The van der Waals surface area contributed by atoms with E-state index in [9.17, 15) is 18.0 Å². The molecule has 0 spiro atoms. The molecule has 1 N–H and O–H groups in total. The van der Waals surface area contributed by atoms with Crippen LogP contribution in [0.4, 0.5) is 19.0 Å². The van der Waals surface area contributed by atoms with Crippen molar-refractivity contribution < 1.29 is 32.6 Å². The summed E-state index contributed by atoms with van der Waals surface area (Å²) in [6.45, 7) is 2.64. The van der Waals surface area contributed by atoms with Crippen molar-refractivity contribution in [2.45, 2.75) is 6.18 Å². The molecule has 200 valence electrons. The van der Waals surface area contributed by atoms with Crippen molar-refractivity contribution in [3.63, 3.8) is 0 Å². The molecule has 0 saturated carbocycles. The molecule has 5 rings (SSSR count). The first-order chi connectivity index (χ1) is 18.1. The highest BCUT2D eigenvalue weighted by Crippen LogP contribution is 2.27. The van der Waals surface area contributed by atoms with E-state index in [1.165, 1.54) is 0 Å². The number of hydrogen-bond acceptors (Lipinski definition) is 7. The summed E-state index contributed by atoms with van der Waals surface area (Å²) in [5, 5.41) is 11.2. The monoisotopic (exact) mass is 531 g/mol. The number of halogens is 3. The highest BCUT2D eigenvalue weighted by atomic mass is 19.4. The topological polar surface area (TPSA) is 118 Å². The quantitative estimate of drug-likeness (QED) is 0.427. The number of fused-ring (bicyclic) bond motifs is 1. The number of piperazine rings is 1. The lowest BCUT2D eigenvalue weighted by Gasteiger charge is -2.35. The van der Waals surface area contributed by atoms with Crippen molar-refractivity contribution in [2.75, 3.05) is 38.2 Å². The molecule has 1 saturated heterocycles. The molecule has 0 bridgehead atoms. The second-order valence-corrected chi connectivity index (χ2v) is 8.24. The maximum absolute atomic E-state index is 12.7. The van der Waals surface area contributed by atoms with Crippen LogP contribution >= 0.6 is 0 Å². The summed E-state index contributed by atoms with van der Waals surface area (Å²) in [7, 11) is 3.44. The third-order valence-electron chi connectivity index (χ3n) is 5.94. The molecule has 1 aromatic carbocycles. The van der Waals surface area contributed by atoms with Gasteiger partial charge in [-0.3, -0.25) is 13.9 Å². The highest BCUT2D eigenvalue weighted by molar-refractivity contribution is 5.92. The Balaban J connectivity index is 0.000000426. The highest BCUT2D eigenvalue weighted by Gasteiger charge is 2.38. The van der Waals surface area contributed by atoms with E-state index in [1.54, 1.807) is 37.3 Å². The third-order valence-corrected chi connectivity index (χ3v) is 5.94. The molecule has 3 aromatic heterocycles. The number of alkyl halides is 3. The summed E-state index contributed by atoms with van der Waals surface area (Å²) in [5.74, 6) is -1.10. The summed E-state index contributed by atoms with van der Waals surface area (Å²) < 4.78 is 40.7. The van der Waals surface area contributed by atoms with E-state index >= 15 is 0 Å². The fraction of sp³-hybridized carbons (Fsp3) is 0.292. The number of aryl methyl sites for hydroxylation is 1. The predicted molar refractivity (Wildman–Crippen MR) is 130 cm³/mol. The van der Waals surface area contributed by atoms with Gasteiger partial charge < -0.3 is 19.6 Å². The summed E-state index contributed by atoms with van der Waals surface area (Å²) in [6, 6.07) is 9.67. The number of aliphatic carboxylic acids is 1. The normalized spacial score (nSPS) is 13.7. The molecule has 1 aliphatic heterocycles. The van der Waals surface area contributed by atoms with Gasteiger partial charge in [-0.1, -0.05) is 0 Å². The fourth-order valence-corrected chi connectivity index (χ4v) is 3.97. The molecule has 1 amide bonds. The Hall–Kier alpha value is -4.62. The van der Waals surface area contributed by atoms with E-state index < -0.39 is 12.1 Å². The summed E-state index contributed by atoms with van der Waals surface area (Å²) in [5.41, 5.74) is 3.45. The Morgan fingerprint density at radius 3 is 2.21 bits per heavy atom. The van der Waals surface area contributed by atoms with Gasteiger partial charge in [0.15, 0.2) is 11.5 Å². The molecular weight excluding hydrogens is 507 g/mol. The van der Waals surface area contributed by atoms with Crippen molar-refractivity contribution in [3.8, 4) is 17.0 Å². The van der Waals surface area contributed by atoms with E-state index in [1.807, 2.05) is 41.6 Å². The van der Waals surface area contributed by atoms with Gasteiger partial charge in [-0.25, -0.2) is 14.8 Å². The van der Waals surface area contributed by atoms with Crippen molar-refractivity contribution in [2.24, 2.45) is 7.05 Å². The van der Waals surface area contributed by atoms with Crippen LogP contribution in [0.15, 0.2) is 55.1 Å². The number of carboxylic acid groups (broad SMARTS) is 1. The number of carbonyl (C=O) groups excluding carboxylic acids is 1. The number of methoxy groups -OCH3 is 1. The minimum absolute atomic E-state index is 0.00780. The van der Waals surface area contributed by atoms with Crippen LogP contribution in [-0.2, 0) is 11.8 Å². The van der Waals surface area contributed by atoms with Gasteiger partial charge in [0.1, 0.15) is 11.4 Å². The number of benzene rings is 1.